The summed E-state index contributed by atoms with van der Waals surface area (Å²) in [6.45, 7) is 6.47. The van der Waals surface area contributed by atoms with Gasteiger partial charge in [-0.1, -0.05) is 0 Å². The molecule has 0 fully saturated rings. The van der Waals surface area contributed by atoms with Gasteiger partial charge in [-0.3, -0.25) is 9.59 Å². The number of carbonyl (C=O) groups excluding carboxylic acids is 2. The highest BCUT2D eigenvalue weighted by Gasteiger charge is 2.17. The van der Waals surface area contributed by atoms with Crippen molar-refractivity contribution in [3.63, 3.8) is 0 Å². The number of nitrogens with one attached hydrogen (secondary N) is 2. The van der Waals surface area contributed by atoms with E-state index in [4.69, 9.17) is 11.5 Å². The van der Waals surface area contributed by atoms with E-state index in [-0.39, 0.29) is 29.6 Å². The van der Waals surface area contributed by atoms with Crippen molar-refractivity contribution in [2.45, 2.75) is 51.5 Å². The monoisotopic (exact) mass is 525 g/mol. The molecule has 37 heavy (non-hydrogen) atoms. The summed E-state index contributed by atoms with van der Waals surface area (Å²) in [6, 6.07) is 7.66. The summed E-state index contributed by atoms with van der Waals surface area (Å²) in [5.74, 6) is -0.0581. The van der Waals surface area contributed by atoms with Crippen LogP contribution in [0.5, 0.6) is 0 Å². The van der Waals surface area contributed by atoms with E-state index in [2.05, 4.69) is 30.6 Å². The Morgan fingerprint density at radius 2 is 1.84 bits per heavy atom. The minimum atomic E-state index is -2.17. The lowest BCUT2D eigenvalue weighted by molar-refractivity contribution is -0.121. The topological polar surface area (TPSA) is 185 Å². The number of nitrogen functional groups attached to an aromatic ring is 2. The second-order valence-corrected chi connectivity index (χ2v) is 13.9. The predicted molar refractivity (Wildman–Crippen MR) is 146 cm³/mol. The number of hydrogen-bond donors (Lipinski definition) is 5. The van der Waals surface area contributed by atoms with Gasteiger partial charge in [0.05, 0.1) is 18.4 Å². The zero-order valence-corrected chi connectivity index (χ0v) is 22.7. The Labute approximate surface area is 217 Å². The van der Waals surface area contributed by atoms with Crippen LogP contribution in [0.4, 0.5) is 17.5 Å². The van der Waals surface area contributed by atoms with Gasteiger partial charge in [0.2, 0.25) is 11.9 Å². The van der Waals surface area contributed by atoms with E-state index in [1.54, 1.807) is 18.3 Å². The lowest BCUT2D eigenvalue weighted by Crippen LogP contribution is -2.35. The zero-order chi connectivity index (χ0) is 27.2. The van der Waals surface area contributed by atoms with E-state index in [1.165, 1.54) is 0 Å². The van der Waals surface area contributed by atoms with E-state index in [9.17, 15) is 14.4 Å². The van der Waals surface area contributed by atoms with Crippen molar-refractivity contribution >= 4 is 48.7 Å². The minimum absolute atomic E-state index is 0.0489. The molecule has 2 heterocycles. The van der Waals surface area contributed by atoms with Gasteiger partial charge in [0.1, 0.15) is 0 Å². The lowest BCUT2D eigenvalue weighted by atomic mass is 10.1. The standard InChI is InChI=1S/C24H35N9O3Si/c1-15(5-10-19(34)27-11-12-37(3,4)36)29-23(35)16-6-8-18(9-7-16)33(2)14-17-13-28-22-20(30-17)21(25)31-24(26)32-22/h6-9,13,15,36H,5,10-12,14H2,1-4H3,(H,27,34)(H,29,35)(H4,25,26,28,31,32)/t15-/m1/s1. The van der Waals surface area contributed by atoms with E-state index < -0.39 is 8.32 Å². The van der Waals surface area contributed by atoms with Crippen LogP contribution in [0.1, 0.15) is 35.8 Å². The average Bonchev–Trinajstić information content (AvgIpc) is 2.82. The molecule has 0 aliphatic carbocycles. The first-order valence-corrected chi connectivity index (χ1v) is 15.2. The number of rotatable bonds is 11. The van der Waals surface area contributed by atoms with Crippen molar-refractivity contribution in [2.24, 2.45) is 0 Å². The average molecular weight is 526 g/mol. The number of nitrogens with two attached hydrogens (primary N) is 2. The van der Waals surface area contributed by atoms with E-state index in [0.717, 1.165) is 5.69 Å². The number of aromatic nitrogens is 4. The first-order chi connectivity index (χ1) is 17.4. The molecule has 2 aromatic heterocycles. The van der Waals surface area contributed by atoms with Crippen LogP contribution in [-0.2, 0) is 11.3 Å². The Morgan fingerprint density at radius 3 is 2.51 bits per heavy atom. The van der Waals surface area contributed by atoms with Crippen LogP contribution in [0, 0.1) is 0 Å². The maximum absolute atomic E-state index is 12.6. The lowest BCUT2D eigenvalue weighted by Gasteiger charge is -2.19. The number of benzene rings is 1. The molecular weight excluding hydrogens is 490 g/mol. The molecule has 0 aliphatic rings. The predicted octanol–water partition coefficient (Wildman–Crippen LogP) is 1.43. The first-order valence-electron chi connectivity index (χ1n) is 12.1. The Hall–Kier alpha value is -3.84. The Bertz CT molecular complexity index is 1250. The highest BCUT2D eigenvalue weighted by atomic mass is 28.4. The van der Waals surface area contributed by atoms with Gasteiger partial charge in [0, 0.05) is 37.3 Å². The second-order valence-electron chi connectivity index (χ2n) is 9.73. The summed E-state index contributed by atoms with van der Waals surface area (Å²) < 4.78 is 0. The van der Waals surface area contributed by atoms with Gasteiger partial charge in [-0.25, -0.2) is 9.97 Å². The van der Waals surface area contributed by atoms with Crippen molar-refractivity contribution in [3.8, 4) is 0 Å². The Morgan fingerprint density at radius 1 is 1.14 bits per heavy atom. The Kier molecular flexibility index (Phi) is 8.94. The van der Waals surface area contributed by atoms with Gasteiger partial charge >= 0.3 is 0 Å². The largest absolute Gasteiger partial charge is 0.432 e. The molecule has 3 rings (SSSR count). The SMILES string of the molecule is C[C@H](CCC(=O)NCC[Si](C)(C)O)NC(=O)c1ccc(N(C)Cc2cnc3nc(N)nc(N)c3n2)cc1. The normalized spacial score (nSPS) is 12.2. The molecule has 1 atom stereocenters. The van der Waals surface area contributed by atoms with Crippen LogP contribution in [0.25, 0.3) is 11.2 Å². The summed E-state index contributed by atoms with van der Waals surface area (Å²) in [7, 11) is -0.263. The molecule has 1 aromatic carbocycles. The van der Waals surface area contributed by atoms with Crippen molar-refractivity contribution in [3.05, 3.63) is 41.7 Å². The summed E-state index contributed by atoms with van der Waals surface area (Å²) in [6.07, 6.45) is 2.44. The smallest absolute Gasteiger partial charge is 0.251 e. The van der Waals surface area contributed by atoms with Gasteiger partial charge < -0.3 is 31.8 Å². The van der Waals surface area contributed by atoms with Gasteiger partial charge in [0.15, 0.2) is 25.3 Å². The summed E-state index contributed by atoms with van der Waals surface area (Å²) in [5, 5.41) is 5.75. The van der Waals surface area contributed by atoms with Gasteiger partial charge in [-0.2, -0.15) is 9.97 Å². The minimum Gasteiger partial charge on any atom is -0.432 e. The number of carbonyl (C=O) groups is 2. The molecule has 0 radical (unpaired) electrons. The Balaban J connectivity index is 1.50. The number of hydrogen-bond acceptors (Lipinski definition) is 10. The second kappa shape index (κ2) is 11.9. The van der Waals surface area contributed by atoms with Crippen molar-refractivity contribution in [1.82, 2.24) is 30.6 Å². The quantitative estimate of drug-likeness (QED) is 0.229. The van der Waals surface area contributed by atoms with Crippen LogP contribution in [0.3, 0.4) is 0 Å². The fraction of sp³-hybridized carbons (Fsp3) is 0.417. The molecule has 198 valence electrons. The van der Waals surface area contributed by atoms with Crippen LogP contribution in [-0.4, -0.2) is 64.5 Å². The van der Waals surface area contributed by atoms with Crippen LogP contribution in [0.2, 0.25) is 19.1 Å². The van der Waals surface area contributed by atoms with E-state index in [1.807, 2.05) is 44.1 Å². The number of amides is 2. The zero-order valence-electron chi connectivity index (χ0n) is 21.7. The molecule has 0 aliphatic heterocycles. The van der Waals surface area contributed by atoms with Crippen molar-refractivity contribution in [1.29, 1.82) is 0 Å². The molecule has 13 heteroatoms. The highest BCUT2D eigenvalue weighted by Crippen LogP contribution is 2.19. The third-order valence-electron chi connectivity index (χ3n) is 5.71. The van der Waals surface area contributed by atoms with Gasteiger partial charge in [-0.15, -0.1) is 0 Å². The first kappa shape index (κ1) is 27.7. The molecule has 3 aromatic rings. The third-order valence-corrected chi connectivity index (χ3v) is 7.19. The van der Waals surface area contributed by atoms with E-state index >= 15 is 0 Å². The fourth-order valence-corrected chi connectivity index (χ4v) is 4.32. The molecule has 0 bridgehead atoms. The molecular formula is C24H35N9O3Si. The molecule has 7 N–H and O–H groups in total. The summed E-state index contributed by atoms with van der Waals surface area (Å²) >= 11 is 0. The van der Waals surface area contributed by atoms with E-state index in [0.29, 0.717) is 54.4 Å². The maximum Gasteiger partial charge on any atom is 0.251 e. The third kappa shape index (κ3) is 8.36. The summed E-state index contributed by atoms with van der Waals surface area (Å²) in [5.41, 5.74) is 14.3. The van der Waals surface area contributed by atoms with Crippen molar-refractivity contribution < 1.29 is 14.4 Å². The molecule has 12 nitrogen and oxygen atoms in total. The highest BCUT2D eigenvalue weighted by molar-refractivity contribution is 6.69. The molecule has 0 saturated heterocycles. The van der Waals surface area contributed by atoms with Gasteiger partial charge in [0.25, 0.3) is 5.91 Å². The van der Waals surface area contributed by atoms with Crippen LogP contribution in [0.15, 0.2) is 30.5 Å². The maximum atomic E-state index is 12.6. The number of nitrogens with zero attached hydrogens (tertiary/aromatic N) is 5. The van der Waals surface area contributed by atoms with Gasteiger partial charge in [-0.05, 0) is 56.7 Å². The van der Waals surface area contributed by atoms with Crippen molar-refractivity contribution in [2.75, 3.05) is 30.0 Å². The van der Waals surface area contributed by atoms with Crippen LogP contribution >= 0.6 is 0 Å². The molecule has 0 spiro atoms. The molecule has 0 saturated carbocycles. The van der Waals surface area contributed by atoms with Crippen LogP contribution < -0.4 is 27.0 Å². The molecule has 0 unspecified atom stereocenters. The fourth-order valence-electron chi connectivity index (χ4n) is 3.58. The summed E-state index contributed by atoms with van der Waals surface area (Å²) in [4.78, 5) is 53.2. The number of anilines is 3. The number of fused-ring (bicyclic) bond motifs is 1. The molecule has 2 amide bonds.